The molecule has 1 saturated heterocycles. The Morgan fingerprint density at radius 1 is 1.24 bits per heavy atom. The minimum absolute atomic E-state index is 0.0304. The molecule has 0 spiro atoms. The average molecular weight is 338 g/mol. The van der Waals surface area contributed by atoms with Gasteiger partial charge in [0.25, 0.3) is 0 Å². The van der Waals surface area contributed by atoms with E-state index in [2.05, 4.69) is 53.6 Å². The van der Waals surface area contributed by atoms with Gasteiger partial charge in [-0.15, -0.1) is 0 Å². The van der Waals surface area contributed by atoms with Crippen LogP contribution in [0.15, 0.2) is 48.8 Å². The molecular formula is C20H26N4O. The second kappa shape index (κ2) is 8.12. The predicted octanol–water partition coefficient (Wildman–Crippen LogP) is 2.98. The lowest BCUT2D eigenvalue weighted by atomic mass is 10.1. The highest BCUT2D eigenvalue weighted by molar-refractivity contribution is 5.74. The van der Waals surface area contributed by atoms with Gasteiger partial charge in [-0.25, -0.2) is 4.79 Å². The van der Waals surface area contributed by atoms with Crippen LogP contribution in [0.25, 0.3) is 11.1 Å². The number of aromatic nitrogens is 1. The second-order valence-corrected chi connectivity index (χ2v) is 6.80. The first-order chi connectivity index (χ1) is 12.1. The highest BCUT2D eigenvalue weighted by Gasteiger charge is 2.24. The van der Waals surface area contributed by atoms with Gasteiger partial charge in [-0.3, -0.25) is 4.98 Å². The van der Waals surface area contributed by atoms with Gasteiger partial charge in [-0.1, -0.05) is 30.3 Å². The summed E-state index contributed by atoms with van der Waals surface area (Å²) in [5.41, 5.74) is 3.33. The standard InChI is InChI=1S/C20H26N4O/c1-23(2)19-6-4-12-24(15-19)20(25)22-13-16-7-9-17(10-8-16)18-5-3-11-21-14-18/h3,5,7-11,14,19H,4,6,12-13,15H2,1-2H3,(H,22,25)/t19-/m1/s1. The summed E-state index contributed by atoms with van der Waals surface area (Å²) in [6.07, 6.45) is 5.85. The predicted molar refractivity (Wildman–Crippen MR) is 100 cm³/mol. The zero-order valence-corrected chi connectivity index (χ0v) is 15.0. The Labute approximate surface area is 149 Å². The molecule has 132 valence electrons. The maximum absolute atomic E-state index is 12.4. The van der Waals surface area contributed by atoms with E-state index in [0.29, 0.717) is 12.6 Å². The molecule has 0 radical (unpaired) electrons. The van der Waals surface area contributed by atoms with Crippen LogP contribution in [0.2, 0.25) is 0 Å². The number of pyridine rings is 1. The van der Waals surface area contributed by atoms with Crippen molar-refractivity contribution in [2.75, 3.05) is 27.2 Å². The number of rotatable bonds is 4. The zero-order valence-electron chi connectivity index (χ0n) is 15.0. The van der Waals surface area contributed by atoms with Gasteiger partial charge in [0, 0.05) is 38.1 Å². The fourth-order valence-electron chi connectivity index (χ4n) is 3.20. The Morgan fingerprint density at radius 2 is 2.04 bits per heavy atom. The third kappa shape index (κ3) is 4.57. The van der Waals surface area contributed by atoms with Crippen LogP contribution < -0.4 is 5.32 Å². The number of piperidine rings is 1. The van der Waals surface area contributed by atoms with Crippen LogP contribution >= 0.6 is 0 Å². The number of amides is 2. The van der Waals surface area contributed by atoms with E-state index in [9.17, 15) is 4.79 Å². The fraction of sp³-hybridized carbons (Fsp3) is 0.400. The topological polar surface area (TPSA) is 48.5 Å². The number of likely N-dealkylation sites (tertiary alicyclic amines) is 1. The van der Waals surface area contributed by atoms with Gasteiger partial charge in [0.05, 0.1) is 0 Å². The van der Waals surface area contributed by atoms with Crippen LogP contribution in [0.3, 0.4) is 0 Å². The number of hydrogen-bond donors (Lipinski definition) is 1. The van der Waals surface area contributed by atoms with Gasteiger partial charge in [0.1, 0.15) is 0 Å². The van der Waals surface area contributed by atoms with Crippen LogP contribution in [0, 0.1) is 0 Å². The molecule has 0 unspecified atom stereocenters. The Kier molecular flexibility index (Phi) is 5.66. The first kappa shape index (κ1) is 17.4. The average Bonchev–Trinajstić information content (AvgIpc) is 2.67. The zero-order chi connectivity index (χ0) is 17.6. The molecule has 25 heavy (non-hydrogen) atoms. The number of carbonyl (C=O) groups excluding carboxylic acids is 1. The Morgan fingerprint density at radius 3 is 2.72 bits per heavy atom. The van der Waals surface area contributed by atoms with E-state index in [1.807, 2.05) is 23.2 Å². The van der Waals surface area contributed by atoms with Crippen molar-refractivity contribution in [3.63, 3.8) is 0 Å². The van der Waals surface area contributed by atoms with E-state index in [4.69, 9.17) is 0 Å². The molecule has 0 bridgehead atoms. The highest BCUT2D eigenvalue weighted by Crippen LogP contribution is 2.18. The van der Waals surface area contributed by atoms with Crippen molar-refractivity contribution in [2.24, 2.45) is 0 Å². The van der Waals surface area contributed by atoms with Gasteiger partial charge < -0.3 is 15.1 Å². The molecule has 3 rings (SSSR count). The monoisotopic (exact) mass is 338 g/mol. The first-order valence-electron chi connectivity index (χ1n) is 8.82. The van der Waals surface area contributed by atoms with Gasteiger partial charge in [-0.05, 0) is 49.7 Å². The summed E-state index contributed by atoms with van der Waals surface area (Å²) in [5, 5.41) is 3.04. The van der Waals surface area contributed by atoms with E-state index in [1.165, 1.54) is 0 Å². The lowest BCUT2D eigenvalue weighted by molar-refractivity contribution is 0.140. The number of likely N-dealkylation sites (N-methyl/N-ethyl adjacent to an activating group) is 1. The molecular weight excluding hydrogens is 312 g/mol. The SMILES string of the molecule is CN(C)[C@@H]1CCCN(C(=O)NCc2ccc(-c3cccnc3)cc2)C1. The molecule has 2 heterocycles. The normalized spacial score (nSPS) is 17.6. The highest BCUT2D eigenvalue weighted by atomic mass is 16.2. The van der Waals surface area contributed by atoms with Crippen molar-refractivity contribution in [1.82, 2.24) is 20.1 Å². The van der Waals surface area contributed by atoms with Crippen LogP contribution in [-0.2, 0) is 6.54 Å². The van der Waals surface area contributed by atoms with Gasteiger partial charge >= 0.3 is 6.03 Å². The molecule has 1 aromatic heterocycles. The van der Waals surface area contributed by atoms with E-state index in [1.54, 1.807) is 6.20 Å². The van der Waals surface area contributed by atoms with Crippen LogP contribution in [0.5, 0.6) is 0 Å². The summed E-state index contributed by atoms with van der Waals surface area (Å²) in [7, 11) is 4.16. The third-order valence-corrected chi connectivity index (χ3v) is 4.81. The summed E-state index contributed by atoms with van der Waals surface area (Å²) in [6.45, 7) is 2.20. The molecule has 5 nitrogen and oxygen atoms in total. The van der Waals surface area contributed by atoms with Crippen LogP contribution in [0.4, 0.5) is 4.79 Å². The maximum atomic E-state index is 12.4. The number of carbonyl (C=O) groups is 1. The summed E-state index contributed by atoms with van der Waals surface area (Å²) < 4.78 is 0. The minimum atomic E-state index is 0.0304. The molecule has 1 aromatic carbocycles. The molecule has 0 aliphatic carbocycles. The summed E-state index contributed by atoms with van der Waals surface area (Å²) in [5.74, 6) is 0. The number of nitrogens with one attached hydrogen (secondary N) is 1. The lowest BCUT2D eigenvalue weighted by Crippen LogP contribution is -2.50. The first-order valence-corrected chi connectivity index (χ1v) is 8.82. The molecule has 1 aliphatic rings. The number of benzene rings is 1. The molecule has 1 N–H and O–H groups in total. The van der Waals surface area contributed by atoms with E-state index in [-0.39, 0.29) is 6.03 Å². The van der Waals surface area contributed by atoms with Crippen molar-refractivity contribution in [3.8, 4) is 11.1 Å². The van der Waals surface area contributed by atoms with Crippen LogP contribution in [-0.4, -0.2) is 54.0 Å². The largest absolute Gasteiger partial charge is 0.334 e. The smallest absolute Gasteiger partial charge is 0.317 e. The number of nitrogens with zero attached hydrogens (tertiary/aromatic N) is 3. The number of urea groups is 1. The van der Waals surface area contributed by atoms with Crippen molar-refractivity contribution < 1.29 is 4.79 Å². The molecule has 1 aliphatic heterocycles. The third-order valence-electron chi connectivity index (χ3n) is 4.81. The second-order valence-electron chi connectivity index (χ2n) is 6.80. The summed E-state index contributed by atoms with van der Waals surface area (Å²) in [6, 6.07) is 12.7. The summed E-state index contributed by atoms with van der Waals surface area (Å²) >= 11 is 0. The lowest BCUT2D eigenvalue weighted by Gasteiger charge is -2.36. The quantitative estimate of drug-likeness (QED) is 0.932. The Bertz CT molecular complexity index is 685. The Balaban J connectivity index is 1.54. The van der Waals surface area contributed by atoms with Crippen molar-refractivity contribution in [1.29, 1.82) is 0 Å². The maximum Gasteiger partial charge on any atom is 0.317 e. The molecule has 1 atom stereocenters. The van der Waals surface area contributed by atoms with Crippen molar-refractivity contribution in [2.45, 2.75) is 25.4 Å². The van der Waals surface area contributed by atoms with Crippen molar-refractivity contribution in [3.05, 3.63) is 54.4 Å². The summed E-state index contributed by atoms with van der Waals surface area (Å²) in [4.78, 5) is 20.7. The molecule has 2 amide bonds. The molecule has 5 heteroatoms. The fourth-order valence-corrected chi connectivity index (χ4v) is 3.20. The van der Waals surface area contributed by atoms with Gasteiger partial charge in [0.15, 0.2) is 0 Å². The van der Waals surface area contributed by atoms with Gasteiger partial charge in [-0.2, -0.15) is 0 Å². The molecule has 1 fully saturated rings. The van der Waals surface area contributed by atoms with E-state index < -0.39 is 0 Å². The van der Waals surface area contributed by atoms with Crippen molar-refractivity contribution >= 4 is 6.03 Å². The van der Waals surface area contributed by atoms with E-state index in [0.717, 1.165) is 42.6 Å². The molecule has 0 saturated carbocycles. The molecule has 2 aromatic rings. The van der Waals surface area contributed by atoms with Gasteiger partial charge in [0.2, 0.25) is 0 Å². The van der Waals surface area contributed by atoms with Crippen LogP contribution in [0.1, 0.15) is 18.4 Å². The minimum Gasteiger partial charge on any atom is -0.334 e. The Hall–Kier alpha value is -2.40. The van der Waals surface area contributed by atoms with E-state index >= 15 is 0 Å². The number of hydrogen-bond acceptors (Lipinski definition) is 3.